The smallest absolute Gasteiger partial charge is 0.518 e. The van der Waals surface area contributed by atoms with Gasteiger partial charge < -0.3 is 33.4 Å². The van der Waals surface area contributed by atoms with Crippen LogP contribution in [0.25, 0.3) is 44.1 Å². The number of fused-ring (bicyclic) bond motifs is 10. The van der Waals surface area contributed by atoms with Gasteiger partial charge in [-0.1, -0.05) is 108 Å². The zero-order valence-corrected chi connectivity index (χ0v) is 49.6. The van der Waals surface area contributed by atoms with Crippen molar-refractivity contribution in [2.24, 2.45) is 0 Å². The molecule has 0 fully saturated rings. The summed E-state index contributed by atoms with van der Waals surface area (Å²) in [7, 11) is 0. The van der Waals surface area contributed by atoms with Crippen molar-refractivity contribution in [2.75, 3.05) is 0 Å². The number of pyridine rings is 4. The standard InChI is InChI=1S/C36H27BN2O3.C36H25BN2O3.Pt/c2*1-36(2,3)24-16-18-38-33(20-24)40-25-12-14-30-28(21-25)37-27-19-23(35-26-8-5-4-7-22(26)15-17-39-35)11-13-29(27)41-31-9-6-10-32(42-30)34(31)37;/h4-21H,1-3H3;4-18,20H,1-3H3;/q;-2;+2. The number of nitrogens with zero attached hydrogens (tertiary/aromatic N) is 4. The third-order valence-electron chi connectivity index (χ3n) is 16.1. The molecule has 0 amide bonds. The minimum atomic E-state index is -0.212. The van der Waals surface area contributed by atoms with Crippen molar-refractivity contribution in [1.82, 2.24) is 19.9 Å². The average molecular weight is 1290 g/mol. The summed E-state index contributed by atoms with van der Waals surface area (Å²) in [6.07, 6.45) is 7.31. The zero-order valence-electron chi connectivity index (χ0n) is 47.3. The van der Waals surface area contributed by atoms with Gasteiger partial charge in [-0.2, -0.15) is 0 Å². The first-order valence-electron chi connectivity index (χ1n) is 28.2. The van der Waals surface area contributed by atoms with Crippen LogP contribution in [0.4, 0.5) is 0 Å². The van der Waals surface area contributed by atoms with Crippen LogP contribution in [0.3, 0.4) is 0 Å². The first-order valence-corrected chi connectivity index (χ1v) is 28.2. The van der Waals surface area contributed by atoms with Crippen molar-refractivity contribution < 1.29 is 49.5 Å². The van der Waals surface area contributed by atoms with Crippen LogP contribution in [0.1, 0.15) is 52.7 Å². The molecule has 0 radical (unpaired) electrons. The third-order valence-corrected chi connectivity index (χ3v) is 16.1. The van der Waals surface area contributed by atoms with Crippen LogP contribution in [0.2, 0.25) is 0 Å². The summed E-state index contributed by atoms with van der Waals surface area (Å²) in [5, 5.41) is 4.49. The maximum atomic E-state index is 6.45. The molecule has 412 valence electrons. The minimum Gasteiger partial charge on any atom is -0.518 e. The van der Waals surface area contributed by atoms with E-state index in [1.54, 1.807) is 12.4 Å². The van der Waals surface area contributed by atoms with Crippen molar-refractivity contribution in [2.45, 2.75) is 52.4 Å². The molecule has 4 aliphatic rings. The van der Waals surface area contributed by atoms with Crippen LogP contribution in [-0.2, 0) is 31.9 Å². The molecule has 0 spiro atoms. The van der Waals surface area contributed by atoms with E-state index in [1.807, 2.05) is 134 Å². The Labute approximate surface area is 508 Å². The molecule has 0 bridgehead atoms. The molecule has 4 aliphatic heterocycles. The Morgan fingerprint density at radius 2 is 0.894 bits per heavy atom. The number of ether oxygens (including phenoxy) is 6. The fourth-order valence-corrected chi connectivity index (χ4v) is 11.8. The molecule has 0 atom stereocenters. The van der Waals surface area contributed by atoms with Gasteiger partial charge in [-0.3, -0.25) is 4.98 Å². The van der Waals surface area contributed by atoms with E-state index < -0.39 is 0 Å². The van der Waals surface area contributed by atoms with E-state index in [-0.39, 0.29) is 45.3 Å². The van der Waals surface area contributed by atoms with Crippen molar-refractivity contribution in [3.05, 3.63) is 230 Å². The maximum Gasteiger partial charge on any atom is 2.00 e. The predicted molar refractivity (Wildman–Crippen MR) is 333 cm³/mol. The van der Waals surface area contributed by atoms with Crippen LogP contribution in [-0.4, -0.2) is 33.4 Å². The monoisotopic (exact) mass is 1290 g/mol. The van der Waals surface area contributed by atoms with Crippen molar-refractivity contribution in [3.8, 4) is 91.8 Å². The van der Waals surface area contributed by atoms with Gasteiger partial charge in [0.05, 0.1) is 5.69 Å². The summed E-state index contributed by atoms with van der Waals surface area (Å²) in [5.41, 5.74) is 11.9. The second-order valence-electron chi connectivity index (χ2n) is 23.5. The minimum absolute atomic E-state index is 0. The average Bonchev–Trinajstić information content (AvgIpc) is 2.37. The van der Waals surface area contributed by atoms with Crippen LogP contribution in [0.5, 0.6) is 69.3 Å². The second kappa shape index (κ2) is 21.0. The van der Waals surface area contributed by atoms with E-state index in [0.29, 0.717) is 23.3 Å². The Morgan fingerprint density at radius 3 is 1.52 bits per heavy atom. The van der Waals surface area contributed by atoms with Gasteiger partial charge in [0.15, 0.2) is 0 Å². The molecule has 0 N–H and O–H groups in total. The first kappa shape index (κ1) is 53.5. The van der Waals surface area contributed by atoms with Crippen molar-refractivity contribution in [1.29, 1.82) is 0 Å². The summed E-state index contributed by atoms with van der Waals surface area (Å²) in [5.74, 6) is 8.60. The van der Waals surface area contributed by atoms with Gasteiger partial charge in [-0.15, -0.1) is 52.9 Å². The van der Waals surface area contributed by atoms with E-state index >= 15 is 0 Å². The van der Waals surface area contributed by atoms with Crippen LogP contribution in [0, 0.1) is 12.1 Å². The maximum absolute atomic E-state index is 6.45. The molecule has 85 heavy (non-hydrogen) atoms. The predicted octanol–water partition coefficient (Wildman–Crippen LogP) is 13.8. The van der Waals surface area contributed by atoms with Gasteiger partial charge >= 0.3 is 21.1 Å². The van der Waals surface area contributed by atoms with E-state index in [1.165, 1.54) is 5.56 Å². The number of hydrogen-bond donors (Lipinski definition) is 0. The molecule has 8 aromatic carbocycles. The molecule has 0 unspecified atom stereocenters. The molecule has 0 aliphatic carbocycles. The largest absolute Gasteiger partial charge is 2.00 e. The molecular weight excluding hydrogens is 1230 g/mol. The molecule has 12 aromatic rings. The van der Waals surface area contributed by atoms with E-state index in [9.17, 15) is 0 Å². The van der Waals surface area contributed by atoms with Gasteiger partial charge in [0.1, 0.15) is 40.2 Å². The summed E-state index contributed by atoms with van der Waals surface area (Å²) >= 11 is 0. The quantitative estimate of drug-likeness (QED) is 0.118. The summed E-state index contributed by atoms with van der Waals surface area (Å²) in [6.45, 7) is 12.7. The van der Waals surface area contributed by atoms with E-state index in [0.717, 1.165) is 128 Å². The summed E-state index contributed by atoms with van der Waals surface area (Å²) in [6, 6.07) is 68.1. The van der Waals surface area contributed by atoms with Crippen LogP contribution >= 0.6 is 0 Å². The zero-order chi connectivity index (χ0) is 56.8. The van der Waals surface area contributed by atoms with Gasteiger partial charge in [0.25, 0.3) is 6.71 Å². The topological polar surface area (TPSA) is 107 Å². The van der Waals surface area contributed by atoms with Gasteiger partial charge in [-0.05, 0) is 134 Å². The molecular formula is C72H52B2N4O6Pt. The van der Waals surface area contributed by atoms with E-state index in [4.69, 9.17) is 38.4 Å². The van der Waals surface area contributed by atoms with Crippen molar-refractivity contribution in [3.63, 3.8) is 0 Å². The Balaban J connectivity index is 0.000000149. The Kier molecular flexibility index (Phi) is 13.2. The van der Waals surface area contributed by atoms with Crippen LogP contribution < -0.4 is 61.2 Å². The molecule has 8 heterocycles. The fourth-order valence-electron chi connectivity index (χ4n) is 11.8. The van der Waals surface area contributed by atoms with Gasteiger partial charge in [-0.25, -0.2) is 9.97 Å². The molecule has 13 heteroatoms. The summed E-state index contributed by atoms with van der Waals surface area (Å²) in [4.78, 5) is 18.5. The third kappa shape index (κ3) is 9.74. The molecule has 4 aromatic heterocycles. The van der Waals surface area contributed by atoms with Gasteiger partial charge in [0, 0.05) is 76.0 Å². The SMILES string of the molecule is CC(C)(C)c1ccnc(Oc2[c-]c3c(cc2)Oc2cccc4c2B3c2[c-]c(-c3nccc5ccccc35)ccc2O4)c1.CC(C)(C)c1ccnc(Oc2ccc3c(c2)B2c4cc(-c5nccc6ccccc56)ccc4Oc4cccc(c42)O3)c1.[Pt+2]. The number of rotatable bonds is 6. The van der Waals surface area contributed by atoms with Crippen LogP contribution in [0.15, 0.2) is 207 Å². The Hall–Kier alpha value is -9.50. The summed E-state index contributed by atoms with van der Waals surface area (Å²) < 4.78 is 38.2. The van der Waals surface area contributed by atoms with Crippen molar-refractivity contribution >= 4 is 67.7 Å². The fraction of sp³-hybridized carbons (Fsp3) is 0.111. The molecule has 16 rings (SSSR count). The van der Waals surface area contributed by atoms with E-state index in [2.05, 4.69) is 124 Å². The number of aromatic nitrogens is 4. The Morgan fingerprint density at radius 1 is 0.400 bits per heavy atom. The molecule has 0 saturated carbocycles. The normalized spacial score (nSPS) is 12.8. The molecule has 10 nitrogen and oxygen atoms in total. The number of hydrogen-bond acceptors (Lipinski definition) is 10. The first-order chi connectivity index (χ1) is 40.8. The second-order valence-corrected chi connectivity index (χ2v) is 23.5. The number of benzene rings is 8. The molecule has 0 saturated heterocycles. The Bertz CT molecular complexity index is 4330. The van der Waals surface area contributed by atoms with Gasteiger partial charge in [0.2, 0.25) is 18.5 Å².